The molecule has 0 radical (unpaired) electrons. The Labute approximate surface area is 132 Å². The average molecular weight is 294 g/mol. The normalized spacial score (nSPS) is 18.2. The summed E-state index contributed by atoms with van der Waals surface area (Å²) in [5.41, 5.74) is 0. The lowest BCUT2D eigenvalue weighted by Gasteiger charge is -2.22. The molecule has 0 aromatic heterocycles. The summed E-state index contributed by atoms with van der Waals surface area (Å²) >= 11 is 0. The number of rotatable bonds is 11. The smallest absolute Gasteiger partial charge is 0.157 e. The molecule has 0 saturated carbocycles. The summed E-state index contributed by atoms with van der Waals surface area (Å²) in [5.74, 6) is 6.60. The first-order valence-corrected chi connectivity index (χ1v) is 9.12. The van der Waals surface area contributed by atoms with Crippen molar-refractivity contribution < 1.29 is 9.47 Å². The highest BCUT2D eigenvalue weighted by Gasteiger charge is 2.13. The monoisotopic (exact) mass is 294 g/mol. The van der Waals surface area contributed by atoms with E-state index < -0.39 is 0 Å². The van der Waals surface area contributed by atoms with Crippen molar-refractivity contribution in [2.24, 2.45) is 0 Å². The molecule has 1 rings (SSSR count). The van der Waals surface area contributed by atoms with Gasteiger partial charge in [0.15, 0.2) is 6.29 Å². The third-order valence-electron chi connectivity index (χ3n) is 3.92. The van der Waals surface area contributed by atoms with E-state index in [0.29, 0.717) is 0 Å². The van der Waals surface area contributed by atoms with E-state index in [9.17, 15) is 0 Å². The van der Waals surface area contributed by atoms with Crippen LogP contribution in [0.2, 0.25) is 0 Å². The van der Waals surface area contributed by atoms with E-state index in [1.807, 2.05) is 0 Å². The molecule has 0 aliphatic carbocycles. The van der Waals surface area contributed by atoms with E-state index in [1.165, 1.54) is 57.8 Å². The van der Waals surface area contributed by atoms with Crippen molar-refractivity contribution in [3.8, 4) is 11.8 Å². The highest BCUT2D eigenvalue weighted by atomic mass is 16.7. The van der Waals surface area contributed by atoms with E-state index in [2.05, 4.69) is 18.8 Å². The van der Waals surface area contributed by atoms with E-state index in [4.69, 9.17) is 9.47 Å². The van der Waals surface area contributed by atoms with Crippen LogP contribution < -0.4 is 0 Å². The van der Waals surface area contributed by atoms with Gasteiger partial charge in [-0.05, 0) is 38.5 Å². The molecule has 2 nitrogen and oxygen atoms in total. The molecule has 21 heavy (non-hydrogen) atoms. The second kappa shape index (κ2) is 14.4. The molecule has 0 N–H and O–H groups in total. The summed E-state index contributed by atoms with van der Waals surface area (Å²) in [7, 11) is 0. The fourth-order valence-electron chi connectivity index (χ4n) is 2.54. The zero-order valence-corrected chi connectivity index (χ0v) is 14.0. The molecule has 1 atom stereocenters. The Hall–Kier alpha value is -0.520. The molecular formula is C19H34O2. The van der Waals surface area contributed by atoms with Gasteiger partial charge in [0.2, 0.25) is 0 Å². The van der Waals surface area contributed by atoms with Crippen LogP contribution >= 0.6 is 0 Å². The zero-order chi connectivity index (χ0) is 15.0. The minimum atomic E-state index is 0.0809. The van der Waals surface area contributed by atoms with E-state index in [1.54, 1.807) is 0 Å². The second-order valence-electron chi connectivity index (χ2n) is 6.00. The van der Waals surface area contributed by atoms with Crippen LogP contribution in [-0.2, 0) is 9.47 Å². The van der Waals surface area contributed by atoms with Crippen molar-refractivity contribution in [2.45, 2.75) is 96.7 Å². The minimum absolute atomic E-state index is 0.0809. The Bertz CT molecular complexity index is 271. The maximum atomic E-state index is 5.72. The van der Waals surface area contributed by atoms with Crippen LogP contribution in [0.3, 0.4) is 0 Å². The van der Waals surface area contributed by atoms with Gasteiger partial charge in [0.25, 0.3) is 0 Å². The molecule has 0 bridgehead atoms. The van der Waals surface area contributed by atoms with Gasteiger partial charge >= 0.3 is 0 Å². The van der Waals surface area contributed by atoms with Gasteiger partial charge in [-0.1, -0.05) is 39.0 Å². The van der Waals surface area contributed by atoms with Crippen molar-refractivity contribution in [1.29, 1.82) is 0 Å². The van der Waals surface area contributed by atoms with Crippen LogP contribution in [0.4, 0.5) is 0 Å². The van der Waals surface area contributed by atoms with Gasteiger partial charge in [0.05, 0.1) is 0 Å². The maximum Gasteiger partial charge on any atom is 0.157 e. The predicted molar refractivity (Wildman–Crippen MR) is 89.2 cm³/mol. The summed E-state index contributed by atoms with van der Waals surface area (Å²) in [6.45, 7) is 3.98. The molecule has 1 unspecified atom stereocenters. The standard InChI is InChI=1S/C19H34O2/c1-2-3-4-5-6-7-8-9-10-11-12-14-17-20-19-16-13-15-18-21-19/h19H,2-6,9-18H2,1H3. The molecule has 1 aliphatic rings. The van der Waals surface area contributed by atoms with Gasteiger partial charge in [-0.3, -0.25) is 0 Å². The first kappa shape index (κ1) is 18.5. The fraction of sp³-hybridized carbons (Fsp3) is 0.895. The van der Waals surface area contributed by atoms with Crippen molar-refractivity contribution in [3.63, 3.8) is 0 Å². The molecule has 2 heteroatoms. The number of hydrogen-bond donors (Lipinski definition) is 0. The predicted octanol–water partition coefficient (Wildman–Crippen LogP) is 5.45. The van der Waals surface area contributed by atoms with E-state index >= 15 is 0 Å². The van der Waals surface area contributed by atoms with Crippen LogP contribution in [0.5, 0.6) is 0 Å². The molecule has 0 aromatic rings. The molecule has 0 aromatic carbocycles. The minimum Gasteiger partial charge on any atom is -0.353 e. The summed E-state index contributed by atoms with van der Waals surface area (Å²) in [6.07, 6.45) is 16.0. The van der Waals surface area contributed by atoms with Gasteiger partial charge < -0.3 is 9.47 Å². The fourth-order valence-corrected chi connectivity index (χ4v) is 2.54. The van der Waals surface area contributed by atoms with Gasteiger partial charge in [-0.25, -0.2) is 0 Å². The Morgan fingerprint density at radius 2 is 1.62 bits per heavy atom. The molecule has 0 amide bonds. The topological polar surface area (TPSA) is 18.5 Å². The SMILES string of the molecule is CCCCCCC#CCCCCCCOC1CCCCO1. The molecule has 122 valence electrons. The average Bonchev–Trinajstić information content (AvgIpc) is 2.53. The van der Waals surface area contributed by atoms with E-state index in [-0.39, 0.29) is 6.29 Å². The highest BCUT2D eigenvalue weighted by molar-refractivity contribution is 4.98. The maximum absolute atomic E-state index is 5.72. The van der Waals surface area contributed by atoms with Crippen molar-refractivity contribution >= 4 is 0 Å². The summed E-state index contributed by atoms with van der Waals surface area (Å²) in [5, 5.41) is 0. The highest BCUT2D eigenvalue weighted by Crippen LogP contribution is 2.14. The van der Waals surface area contributed by atoms with Crippen LogP contribution in [0.1, 0.15) is 90.4 Å². The van der Waals surface area contributed by atoms with Gasteiger partial charge in [-0.2, -0.15) is 0 Å². The molecule has 1 fully saturated rings. The van der Waals surface area contributed by atoms with E-state index in [0.717, 1.165) is 38.9 Å². The lowest BCUT2D eigenvalue weighted by Crippen LogP contribution is -2.22. The Kier molecular flexibility index (Phi) is 12.7. The largest absolute Gasteiger partial charge is 0.353 e. The molecular weight excluding hydrogens is 260 g/mol. The third-order valence-corrected chi connectivity index (χ3v) is 3.92. The zero-order valence-electron chi connectivity index (χ0n) is 14.0. The third kappa shape index (κ3) is 11.8. The first-order valence-electron chi connectivity index (χ1n) is 9.12. The molecule has 1 saturated heterocycles. The number of ether oxygens (including phenoxy) is 2. The van der Waals surface area contributed by atoms with Crippen molar-refractivity contribution in [1.82, 2.24) is 0 Å². The lowest BCUT2D eigenvalue weighted by molar-refractivity contribution is -0.162. The van der Waals surface area contributed by atoms with Crippen LogP contribution in [0.25, 0.3) is 0 Å². The number of unbranched alkanes of at least 4 members (excludes halogenated alkanes) is 8. The Morgan fingerprint density at radius 1 is 0.905 bits per heavy atom. The quantitative estimate of drug-likeness (QED) is 0.372. The lowest BCUT2D eigenvalue weighted by atomic mass is 10.1. The summed E-state index contributed by atoms with van der Waals surface area (Å²) in [6, 6.07) is 0. The van der Waals surface area contributed by atoms with Crippen LogP contribution in [0.15, 0.2) is 0 Å². The summed E-state index contributed by atoms with van der Waals surface area (Å²) < 4.78 is 11.3. The Balaban J connectivity index is 1.77. The van der Waals surface area contributed by atoms with Crippen LogP contribution in [0, 0.1) is 11.8 Å². The van der Waals surface area contributed by atoms with Gasteiger partial charge in [-0.15, -0.1) is 11.8 Å². The first-order chi connectivity index (χ1) is 10.4. The van der Waals surface area contributed by atoms with Crippen molar-refractivity contribution in [3.05, 3.63) is 0 Å². The Morgan fingerprint density at radius 3 is 2.29 bits per heavy atom. The number of hydrogen-bond acceptors (Lipinski definition) is 2. The van der Waals surface area contributed by atoms with Crippen LogP contribution in [-0.4, -0.2) is 19.5 Å². The molecule has 0 spiro atoms. The van der Waals surface area contributed by atoms with Gasteiger partial charge in [0, 0.05) is 26.1 Å². The molecule has 1 heterocycles. The van der Waals surface area contributed by atoms with Gasteiger partial charge in [0.1, 0.15) is 0 Å². The second-order valence-corrected chi connectivity index (χ2v) is 6.00. The molecule has 1 aliphatic heterocycles. The summed E-state index contributed by atoms with van der Waals surface area (Å²) in [4.78, 5) is 0. The van der Waals surface area contributed by atoms with Crippen molar-refractivity contribution in [2.75, 3.05) is 13.2 Å².